The van der Waals surface area contributed by atoms with Crippen LogP contribution in [0.2, 0.25) is 0 Å². The molecule has 0 unspecified atom stereocenters. The van der Waals surface area contributed by atoms with Gasteiger partial charge in [0.2, 0.25) is 0 Å². The number of rotatable bonds is 3. The van der Waals surface area contributed by atoms with Gasteiger partial charge in [-0.1, -0.05) is 26.0 Å². The van der Waals surface area contributed by atoms with Gasteiger partial charge in [0.15, 0.2) is 11.6 Å². The molecule has 186 valence electrons. The van der Waals surface area contributed by atoms with E-state index in [1.54, 1.807) is 6.07 Å². The van der Waals surface area contributed by atoms with Crippen molar-refractivity contribution in [3.8, 4) is 22.6 Å². The third-order valence-electron chi connectivity index (χ3n) is 9.31. The fourth-order valence-corrected chi connectivity index (χ4v) is 7.10. The Morgan fingerprint density at radius 2 is 1.78 bits per heavy atom. The highest BCUT2D eigenvalue weighted by Crippen LogP contribution is 2.57. The lowest BCUT2D eigenvalue weighted by molar-refractivity contribution is -0.234. The number of hydrogen-bond donors (Lipinski definition) is 0. The van der Waals surface area contributed by atoms with Gasteiger partial charge >= 0.3 is 0 Å². The first-order valence-corrected chi connectivity index (χ1v) is 13.4. The van der Waals surface area contributed by atoms with Crippen molar-refractivity contribution in [3.05, 3.63) is 65.4 Å². The minimum atomic E-state index is -0.478. The first kappa shape index (κ1) is 22.5. The average Bonchev–Trinajstić information content (AvgIpc) is 3.64. The zero-order valence-corrected chi connectivity index (χ0v) is 21.0. The van der Waals surface area contributed by atoms with E-state index in [4.69, 9.17) is 24.4 Å². The first-order valence-electron chi connectivity index (χ1n) is 13.4. The molecule has 3 fully saturated rings. The summed E-state index contributed by atoms with van der Waals surface area (Å²) in [5.41, 5.74) is 5.28. The van der Waals surface area contributed by atoms with Crippen molar-refractivity contribution in [3.63, 3.8) is 0 Å². The summed E-state index contributed by atoms with van der Waals surface area (Å²) in [6.45, 7) is 5.94. The van der Waals surface area contributed by atoms with Gasteiger partial charge in [-0.05, 0) is 62.3 Å². The van der Waals surface area contributed by atoms with E-state index in [9.17, 15) is 0 Å². The van der Waals surface area contributed by atoms with Gasteiger partial charge in [-0.25, -0.2) is 14.4 Å². The zero-order valence-electron chi connectivity index (χ0n) is 21.0. The van der Waals surface area contributed by atoms with Gasteiger partial charge in [0.05, 0.1) is 24.6 Å². The second kappa shape index (κ2) is 8.15. The van der Waals surface area contributed by atoms with E-state index < -0.39 is 5.79 Å². The minimum Gasteiger partial charge on any atom is -0.347 e. The van der Waals surface area contributed by atoms with Gasteiger partial charge in [0.1, 0.15) is 5.82 Å². The number of fused-ring (bicyclic) bond motifs is 3. The monoisotopic (exact) mass is 485 g/mol. The highest BCUT2D eigenvalue weighted by molar-refractivity contribution is 5.69. The van der Waals surface area contributed by atoms with Gasteiger partial charge in [-0.3, -0.25) is 4.98 Å². The van der Waals surface area contributed by atoms with Crippen molar-refractivity contribution in [2.45, 2.75) is 69.5 Å². The van der Waals surface area contributed by atoms with E-state index in [-0.39, 0.29) is 17.2 Å². The van der Waals surface area contributed by atoms with Crippen LogP contribution in [0.4, 0.5) is 4.39 Å². The summed E-state index contributed by atoms with van der Waals surface area (Å²) in [4.78, 5) is 15.0. The van der Waals surface area contributed by atoms with Crippen LogP contribution in [0.25, 0.3) is 22.6 Å². The number of halogens is 1. The van der Waals surface area contributed by atoms with Gasteiger partial charge in [0, 0.05) is 52.3 Å². The molecule has 1 spiro atoms. The van der Waals surface area contributed by atoms with Gasteiger partial charge in [-0.15, -0.1) is 0 Å². The van der Waals surface area contributed by atoms with Crippen molar-refractivity contribution in [2.24, 2.45) is 11.8 Å². The van der Waals surface area contributed by atoms with E-state index in [1.165, 1.54) is 18.9 Å². The Morgan fingerprint density at radius 3 is 2.50 bits per heavy atom. The molecule has 7 rings (SSSR count). The molecule has 1 saturated heterocycles. The second-order valence-electron chi connectivity index (χ2n) is 11.3. The number of aromatic nitrogens is 3. The zero-order chi connectivity index (χ0) is 24.5. The second-order valence-corrected chi connectivity index (χ2v) is 11.3. The summed E-state index contributed by atoms with van der Waals surface area (Å²) >= 11 is 0. The molecular weight excluding hydrogens is 453 g/mol. The van der Waals surface area contributed by atoms with Gasteiger partial charge in [0.25, 0.3) is 0 Å². The van der Waals surface area contributed by atoms with Crippen LogP contribution in [0.3, 0.4) is 0 Å². The van der Waals surface area contributed by atoms with E-state index in [1.807, 2.05) is 18.3 Å². The Kier molecular flexibility index (Phi) is 5.09. The molecule has 1 aromatic carbocycles. The maximum absolute atomic E-state index is 15.1. The van der Waals surface area contributed by atoms with Crippen LogP contribution in [0.5, 0.6) is 0 Å². The Hall–Kier alpha value is -2.70. The summed E-state index contributed by atoms with van der Waals surface area (Å²) in [5, 5.41) is 0. The highest BCUT2D eigenvalue weighted by Gasteiger charge is 2.57. The van der Waals surface area contributed by atoms with E-state index in [0.29, 0.717) is 36.4 Å². The standard InChI is InChI=1S/C30H32FN3O2/c1-18-23-11-10-22-26(21-5-3-4-6-24(21)31)33-28(20-9-12-25(32-17-20)19-7-8-19)34-27(22)29(23,2)13-14-30(18)35-15-16-36-30/h3-6,9,12,17-19,23H,7-8,10-11,13-16H2,1-2H3/t18-,23-,29-/m1/s1. The molecule has 6 heteroatoms. The van der Waals surface area contributed by atoms with Crippen LogP contribution in [0.15, 0.2) is 42.6 Å². The summed E-state index contributed by atoms with van der Waals surface area (Å²) in [6, 6.07) is 11.1. The maximum Gasteiger partial charge on any atom is 0.171 e. The molecule has 3 atom stereocenters. The molecule has 0 N–H and O–H groups in total. The summed E-state index contributed by atoms with van der Waals surface area (Å²) in [6.07, 6.45) is 7.88. The number of pyridine rings is 1. The molecule has 3 heterocycles. The Morgan fingerprint density at radius 1 is 0.972 bits per heavy atom. The third-order valence-corrected chi connectivity index (χ3v) is 9.31. The van der Waals surface area contributed by atoms with Crippen LogP contribution in [0, 0.1) is 17.7 Å². The van der Waals surface area contributed by atoms with Crippen molar-refractivity contribution in [2.75, 3.05) is 13.2 Å². The quantitative estimate of drug-likeness (QED) is 0.441. The van der Waals surface area contributed by atoms with E-state index in [0.717, 1.165) is 53.9 Å². The average molecular weight is 486 g/mol. The molecule has 1 aliphatic heterocycles. The summed E-state index contributed by atoms with van der Waals surface area (Å²) < 4.78 is 27.5. The topological polar surface area (TPSA) is 57.1 Å². The van der Waals surface area contributed by atoms with Crippen LogP contribution < -0.4 is 0 Å². The molecule has 4 aliphatic rings. The molecule has 2 saturated carbocycles. The van der Waals surface area contributed by atoms with E-state index in [2.05, 4.69) is 26.0 Å². The number of hydrogen-bond acceptors (Lipinski definition) is 5. The number of benzene rings is 1. The predicted molar refractivity (Wildman–Crippen MR) is 135 cm³/mol. The third kappa shape index (κ3) is 3.37. The molecule has 0 amide bonds. The molecule has 2 aromatic heterocycles. The minimum absolute atomic E-state index is 0.160. The lowest BCUT2D eigenvalue weighted by atomic mass is 9.54. The molecule has 3 aromatic rings. The van der Waals surface area contributed by atoms with Crippen molar-refractivity contribution in [1.82, 2.24) is 15.0 Å². The van der Waals surface area contributed by atoms with Crippen LogP contribution in [-0.2, 0) is 21.3 Å². The maximum atomic E-state index is 15.1. The lowest BCUT2D eigenvalue weighted by Crippen LogP contribution is -2.55. The summed E-state index contributed by atoms with van der Waals surface area (Å²) in [7, 11) is 0. The largest absolute Gasteiger partial charge is 0.347 e. The van der Waals surface area contributed by atoms with Crippen molar-refractivity contribution < 1.29 is 13.9 Å². The molecule has 36 heavy (non-hydrogen) atoms. The molecule has 0 radical (unpaired) electrons. The molecule has 0 bridgehead atoms. The summed E-state index contributed by atoms with van der Waals surface area (Å²) in [5.74, 6) is 1.11. The van der Waals surface area contributed by atoms with Crippen LogP contribution >= 0.6 is 0 Å². The van der Waals surface area contributed by atoms with Crippen LogP contribution in [0.1, 0.15) is 68.8 Å². The van der Waals surface area contributed by atoms with Crippen molar-refractivity contribution >= 4 is 0 Å². The Bertz CT molecular complexity index is 1320. The number of ether oxygens (including phenoxy) is 2. The first-order chi connectivity index (χ1) is 17.5. The van der Waals surface area contributed by atoms with Gasteiger partial charge < -0.3 is 9.47 Å². The fraction of sp³-hybridized carbons (Fsp3) is 0.500. The van der Waals surface area contributed by atoms with Gasteiger partial charge in [-0.2, -0.15) is 0 Å². The highest BCUT2D eigenvalue weighted by atomic mass is 19.1. The fourth-order valence-electron chi connectivity index (χ4n) is 7.10. The van der Waals surface area contributed by atoms with E-state index >= 15 is 4.39 Å². The van der Waals surface area contributed by atoms with Crippen molar-refractivity contribution in [1.29, 1.82) is 0 Å². The lowest BCUT2D eigenvalue weighted by Gasteiger charge is -2.54. The predicted octanol–water partition coefficient (Wildman–Crippen LogP) is 6.22. The number of nitrogens with zero attached hydrogens (tertiary/aromatic N) is 3. The van der Waals surface area contributed by atoms with Crippen LogP contribution in [-0.4, -0.2) is 34.0 Å². The molecular formula is C30H32FN3O2. The SMILES string of the molecule is C[C@@H]1[C@H]2CCc3c(-c4ccccc4F)nc(-c4ccc(C5CC5)nc4)nc3[C@]2(C)CCC12OCCO2. The molecule has 5 nitrogen and oxygen atoms in total. The smallest absolute Gasteiger partial charge is 0.171 e. The Labute approximate surface area is 211 Å². The molecule has 3 aliphatic carbocycles. The normalized spacial score (nSPS) is 28.6. The Balaban J connectivity index is 1.38.